The minimum Gasteiger partial charge on any atom is -0.459 e. The van der Waals surface area contributed by atoms with Gasteiger partial charge in [-0.25, -0.2) is 14.8 Å². The molecule has 11 nitrogen and oxygen atoms in total. The van der Waals surface area contributed by atoms with Crippen LogP contribution in [0.25, 0.3) is 22.2 Å². The van der Waals surface area contributed by atoms with E-state index in [1.54, 1.807) is 19.9 Å². The van der Waals surface area contributed by atoms with Gasteiger partial charge in [-0.1, -0.05) is 25.6 Å². The number of benzene rings is 2. The third-order valence-electron chi connectivity index (χ3n) is 6.79. The van der Waals surface area contributed by atoms with Crippen LogP contribution in [-0.4, -0.2) is 70.7 Å². The van der Waals surface area contributed by atoms with E-state index in [-0.39, 0.29) is 35.7 Å². The van der Waals surface area contributed by atoms with Crippen LogP contribution in [0.1, 0.15) is 44.1 Å². The Morgan fingerprint density at radius 3 is 2.52 bits per heavy atom. The summed E-state index contributed by atoms with van der Waals surface area (Å²) in [4.78, 5) is 37.8. The number of nitrogens with one attached hydrogen (secondary N) is 1. The number of rotatable bonds is 11. The zero-order chi connectivity index (χ0) is 29.8. The van der Waals surface area contributed by atoms with Gasteiger partial charge in [-0.3, -0.25) is 10.1 Å². The van der Waals surface area contributed by atoms with E-state index in [0.717, 1.165) is 35.1 Å². The summed E-state index contributed by atoms with van der Waals surface area (Å²) in [6, 6.07) is 11.2. The quantitative estimate of drug-likeness (QED) is 0.125. The maximum absolute atomic E-state index is 13.1. The van der Waals surface area contributed by atoms with E-state index in [1.165, 1.54) is 12.3 Å². The summed E-state index contributed by atoms with van der Waals surface area (Å²) in [5.74, 6) is -0.313. The Bertz CT molecular complexity index is 1580. The van der Waals surface area contributed by atoms with Gasteiger partial charge < -0.3 is 24.4 Å². The molecule has 4 aromatic rings. The smallest absolute Gasteiger partial charge is 0.342 e. The van der Waals surface area contributed by atoms with Crippen molar-refractivity contribution in [2.75, 3.05) is 44.4 Å². The molecule has 0 aliphatic heterocycles. The van der Waals surface area contributed by atoms with Crippen LogP contribution in [0.4, 0.5) is 23.0 Å². The highest BCUT2D eigenvalue weighted by molar-refractivity contribution is 6.03. The van der Waals surface area contributed by atoms with Crippen LogP contribution in [-0.2, 0) is 11.3 Å². The average molecular weight is 576 g/mol. The topological polar surface area (TPSA) is 119 Å². The highest BCUT2D eigenvalue weighted by Gasteiger charge is 2.24. The van der Waals surface area contributed by atoms with Crippen molar-refractivity contribution in [1.29, 1.82) is 0 Å². The minimum absolute atomic E-state index is 0. The molecule has 0 amide bonds. The van der Waals surface area contributed by atoms with Gasteiger partial charge in [0.05, 0.1) is 22.4 Å². The number of nitro groups is 1. The van der Waals surface area contributed by atoms with Crippen LogP contribution in [0.2, 0.25) is 0 Å². The van der Waals surface area contributed by atoms with E-state index in [9.17, 15) is 14.9 Å². The number of nitro benzene ring substituents is 1. The Balaban J connectivity index is 0.00000484. The third kappa shape index (κ3) is 6.85. The van der Waals surface area contributed by atoms with Crippen molar-refractivity contribution in [1.82, 2.24) is 19.4 Å². The largest absolute Gasteiger partial charge is 0.459 e. The average Bonchev–Trinajstić information content (AvgIpc) is 3.30. The molecule has 224 valence electrons. The zero-order valence-corrected chi connectivity index (χ0v) is 24.6. The summed E-state index contributed by atoms with van der Waals surface area (Å²) in [5, 5.41) is 16.1. The van der Waals surface area contributed by atoms with Gasteiger partial charge in [0.25, 0.3) is 5.69 Å². The SMILES string of the molecule is C.CCn1cc(-c2nc(Nc3cc([N+](=O)[O-])c(N(C)CCN(C)C)cc3C)ncc2C(=O)OC(C)C)c2ccccc21. The van der Waals surface area contributed by atoms with Crippen molar-refractivity contribution >= 4 is 39.9 Å². The molecule has 0 radical (unpaired) electrons. The Morgan fingerprint density at radius 1 is 1.17 bits per heavy atom. The fraction of sp³-hybridized carbons (Fsp3) is 0.387. The molecule has 11 heteroatoms. The van der Waals surface area contributed by atoms with Gasteiger partial charge in [0.15, 0.2) is 0 Å². The molecule has 0 unspecified atom stereocenters. The first-order valence-electron chi connectivity index (χ1n) is 13.6. The number of para-hydroxylation sites is 1. The lowest BCUT2D eigenvalue weighted by Crippen LogP contribution is -2.29. The first kappa shape index (κ1) is 32.0. The molecule has 2 aromatic heterocycles. The zero-order valence-electron chi connectivity index (χ0n) is 24.6. The first-order chi connectivity index (χ1) is 19.5. The number of carbonyl (C=O) groups is 1. The lowest BCUT2D eigenvalue weighted by atomic mass is 10.1. The molecule has 2 aromatic carbocycles. The highest BCUT2D eigenvalue weighted by atomic mass is 16.6. The Hall–Kier alpha value is -4.51. The molecule has 0 saturated heterocycles. The number of likely N-dealkylation sites (N-methyl/N-ethyl adjacent to an activating group) is 2. The lowest BCUT2D eigenvalue weighted by Gasteiger charge is -2.22. The van der Waals surface area contributed by atoms with E-state index < -0.39 is 5.97 Å². The Labute approximate surface area is 247 Å². The molecular weight excluding hydrogens is 534 g/mol. The highest BCUT2D eigenvalue weighted by Crippen LogP contribution is 2.36. The van der Waals surface area contributed by atoms with E-state index in [4.69, 9.17) is 9.72 Å². The molecule has 0 saturated carbocycles. The van der Waals surface area contributed by atoms with Crippen molar-refractivity contribution in [3.8, 4) is 11.3 Å². The molecule has 2 heterocycles. The van der Waals surface area contributed by atoms with Gasteiger partial charge in [-0.15, -0.1) is 0 Å². The number of carbonyl (C=O) groups excluding carboxylic acids is 1. The van der Waals surface area contributed by atoms with Crippen LogP contribution in [0.3, 0.4) is 0 Å². The van der Waals surface area contributed by atoms with Gasteiger partial charge >= 0.3 is 5.97 Å². The summed E-state index contributed by atoms with van der Waals surface area (Å²) in [7, 11) is 5.76. The van der Waals surface area contributed by atoms with E-state index >= 15 is 0 Å². The number of esters is 1. The maximum atomic E-state index is 13.1. The van der Waals surface area contributed by atoms with Crippen LogP contribution in [0.15, 0.2) is 48.8 Å². The number of anilines is 3. The second-order valence-corrected chi connectivity index (χ2v) is 10.5. The molecule has 0 bridgehead atoms. The van der Waals surface area contributed by atoms with Crippen LogP contribution in [0, 0.1) is 17.0 Å². The van der Waals surface area contributed by atoms with Crippen molar-refractivity contribution in [3.63, 3.8) is 0 Å². The van der Waals surface area contributed by atoms with Crippen molar-refractivity contribution in [2.45, 2.75) is 47.8 Å². The number of ether oxygens (including phenoxy) is 1. The first-order valence-corrected chi connectivity index (χ1v) is 13.6. The van der Waals surface area contributed by atoms with E-state index in [2.05, 4.69) is 21.8 Å². The number of aromatic nitrogens is 3. The number of aryl methyl sites for hydroxylation is 2. The van der Waals surface area contributed by atoms with Crippen LogP contribution >= 0.6 is 0 Å². The number of hydrogen-bond acceptors (Lipinski definition) is 9. The molecule has 42 heavy (non-hydrogen) atoms. The fourth-order valence-corrected chi connectivity index (χ4v) is 4.63. The summed E-state index contributed by atoms with van der Waals surface area (Å²) < 4.78 is 7.60. The second kappa shape index (κ2) is 13.4. The summed E-state index contributed by atoms with van der Waals surface area (Å²) in [6.07, 6.45) is 3.10. The van der Waals surface area contributed by atoms with Crippen molar-refractivity contribution < 1.29 is 14.5 Å². The third-order valence-corrected chi connectivity index (χ3v) is 6.79. The monoisotopic (exact) mass is 575 g/mol. The normalized spacial score (nSPS) is 11.1. The van der Waals surface area contributed by atoms with Crippen molar-refractivity contribution in [2.24, 2.45) is 0 Å². The maximum Gasteiger partial charge on any atom is 0.342 e. The fourth-order valence-electron chi connectivity index (χ4n) is 4.63. The van der Waals surface area contributed by atoms with E-state index in [1.807, 2.05) is 68.3 Å². The van der Waals surface area contributed by atoms with E-state index in [0.29, 0.717) is 23.6 Å². The Morgan fingerprint density at radius 2 is 1.88 bits per heavy atom. The predicted octanol–water partition coefficient (Wildman–Crippen LogP) is 6.28. The minimum atomic E-state index is -0.521. The van der Waals surface area contributed by atoms with Gasteiger partial charge in [-0.05, 0) is 59.5 Å². The van der Waals surface area contributed by atoms with Crippen molar-refractivity contribution in [3.05, 3.63) is 70.0 Å². The number of fused-ring (bicyclic) bond motifs is 1. The standard InChI is InChI=1S/C30H37N7O4.CH4/c1-8-36-18-23(21-11-9-10-12-25(21)36)28-22(29(38)41-19(2)3)17-31-30(33-28)32-24-16-27(37(39)40)26(15-20(24)4)35(7)14-13-34(5)6;/h9-12,15-19H,8,13-14H2,1-7H3,(H,31,32,33);1H4. The molecule has 4 rings (SSSR count). The Kier molecular flexibility index (Phi) is 10.2. The van der Waals surface area contributed by atoms with Crippen LogP contribution in [0.5, 0.6) is 0 Å². The summed E-state index contributed by atoms with van der Waals surface area (Å²) >= 11 is 0. The second-order valence-electron chi connectivity index (χ2n) is 10.5. The van der Waals surface area contributed by atoms with Gasteiger partial charge in [0, 0.05) is 61.6 Å². The number of nitrogens with zero attached hydrogens (tertiary/aromatic N) is 6. The molecule has 0 fully saturated rings. The molecule has 0 aliphatic carbocycles. The van der Waals surface area contributed by atoms with Crippen LogP contribution < -0.4 is 10.2 Å². The lowest BCUT2D eigenvalue weighted by molar-refractivity contribution is -0.384. The molecule has 0 atom stereocenters. The molecule has 1 N–H and O–H groups in total. The molecule has 0 spiro atoms. The predicted molar refractivity (Wildman–Crippen MR) is 169 cm³/mol. The summed E-state index contributed by atoms with van der Waals surface area (Å²) in [5.41, 5.74) is 4.24. The summed E-state index contributed by atoms with van der Waals surface area (Å²) in [6.45, 7) is 9.62. The molecular formula is C31H41N7O4. The number of hydrogen-bond donors (Lipinski definition) is 1. The van der Waals surface area contributed by atoms with Gasteiger partial charge in [-0.2, -0.15) is 0 Å². The molecule has 0 aliphatic rings. The van der Waals surface area contributed by atoms with Gasteiger partial charge in [0.2, 0.25) is 5.95 Å². The van der Waals surface area contributed by atoms with Gasteiger partial charge in [0.1, 0.15) is 11.3 Å².